The van der Waals surface area contributed by atoms with Gasteiger partial charge in [-0.2, -0.15) is 0 Å². The lowest BCUT2D eigenvalue weighted by Crippen LogP contribution is -2.40. The third-order valence-electron chi connectivity index (χ3n) is 5.22. The van der Waals surface area contributed by atoms with E-state index in [2.05, 4.69) is 25.1 Å². The molecule has 2 saturated heterocycles. The van der Waals surface area contributed by atoms with Crippen LogP contribution in [0.25, 0.3) is 0 Å². The number of hydrogen-bond acceptors (Lipinski definition) is 4. The van der Waals surface area contributed by atoms with E-state index < -0.39 is 0 Å². The summed E-state index contributed by atoms with van der Waals surface area (Å²) >= 11 is 0. The SMILES string of the molecule is O=C(CN1CCCCCCC1)NC[C@@H]1CCN(Cc2cnc[nH]2)C1. The number of carbonyl (C=O) groups is 1. The highest BCUT2D eigenvalue weighted by molar-refractivity contribution is 5.78. The van der Waals surface area contributed by atoms with Crippen LogP contribution in [0.15, 0.2) is 12.5 Å². The molecule has 2 aliphatic rings. The number of likely N-dealkylation sites (tertiary alicyclic amines) is 2. The van der Waals surface area contributed by atoms with E-state index >= 15 is 0 Å². The van der Waals surface area contributed by atoms with Crippen LogP contribution in [0.5, 0.6) is 0 Å². The van der Waals surface area contributed by atoms with Gasteiger partial charge in [0.15, 0.2) is 0 Å². The summed E-state index contributed by atoms with van der Waals surface area (Å²) in [7, 11) is 0. The van der Waals surface area contributed by atoms with Gasteiger partial charge >= 0.3 is 0 Å². The largest absolute Gasteiger partial charge is 0.355 e. The number of amides is 1. The molecular weight excluding hydrogens is 302 g/mol. The molecule has 2 N–H and O–H groups in total. The molecule has 1 aromatic rings. The maximum atomic E-state index is 12.2. The van der Waals surface area contributed by atoms with Gasteiger partial charge in [-0.1, -0.05) is 19.3 Å². The van der Waals surface area contributed by atoms with Crippen LogP contribution in [0.4, 0.5) is 0 Å². The molecule has 1 atom stereocenters. The molecule has 0 bridgehead atoms. The van der Waals surface area contributed by atoms with Crippen molar-refractivity contribution in [2.75, 3.05) is 39.3 Å². The third kappa shape index (κ3) is 5.60. The number of nitrogens with zero attached hydrogens (tertiary/aromatic N) is 3. The van der Waals surface area contributed by atoms with Gasteiger partial charge in [-0.05, 0) is 44.8 Å². The fraction of sp³-hybridized carbons (Fsp3) is 0.778. The molecule has 24 heavy (non-hydrogen) atoms. The van der Waals surface area contributed by atoms with Gasteiger partial charge in [0.1, 0.15) is 0 Å². The Morgan fingerprint density at radius 2 is 1.96 bits per heavy atom. The minimum atomic E-state index is 0.197. The summed E-state index contributed by atoms with van der Waals surface area (Å²) in [5.74, 6) is 0.770. The molecule has 3 rings (SSSR count). The average Bonchev–Trinajstić information content (AvgIpc) is 3.20. The summed E-state index contributed by atoms with van der Waals surface area (Å²) in [5.41, 5.74) is 1.16. The first-order chi connectivity index (χ1) is 11.8. The van der Waals surface area contributed by atoms with Crippen molar-refractivity contribution in [2.24, 2.45) is 5.92 Å². The number of rotatable bonds is 6. The van der Waals surface area contributed by atoms with Crippen LogP contribution in [-0.4, -0.2) is 64.9 Å². The molecule has 0 radical (unpaired) electrons. The van der Waals surface area contributed by atoms with Gasteiger partial charge in [-0.15, -0.1) is 0 Å². The first kappa shape index (κ1) is 17.4. The normalized spacial score (nSPS) is 23.8. The van der Waals surface area contributed by atoms with Gasteiger partial charge in [-0.3, -0.25) is 14.6 Å². The number of imidazole rings is 1. The van der Waals surface area contributed by atoms with Crippen molar-refractivity contribution in [1.29, 1.82) is 0 Å². The summed E-state index contributed by atoms with van der Waals surface area (Å²) in [6, 6.07) is 0. The second-order valence-electron chi connectivity index (χ2n) is 7.31. The number of aromatic nitrogens is 2. The standard InChI is InChI=1S/C18H31N5O/c24-18(14-22-7-4-2-1-3-5-8-22)20-10-16-6-9-23(12-16)13-17-11-19-15-21-17/h11,15-16H,1-10,12-14H2,(H,19,21)(H,20,24)/t16-/m0/s1. The minimum Gasteiger partial charge on any atom is -0.355 e. The summed E-state index contributed by atoms with van der Waals surface area (Å²) in [4.78, 5) is 24.2. The van der Waals surface area contributed by atoms with Gasteiger partial charge in [0.05, 0.1) is 12.9 Å². The molecule has 134 valence electrons. The van der Waals surface area contributed by atoms with Crippen LogP contribution < -0.4 is 5.32 Å². The molecule has 0 spiro atoms. The van der Waals surface area contributed by atoms with Crippen molar-refractivity contribution in [3.8, 4) is 0 Å². The molecular formula is C18H31N5O. The zero-order chi connectivity index (χ0) is 16.6. The van der Waals surface area contributed by atoms with Gasteiger partial charge < -0.3 is 10.3 Å². The molecule has 0 saturated carbocycles. The Morgan fingerprint density at radius 1 is 1.17 bits per heavy atom. The van der Waals surface area contributed by atoms with Crippen LogP contribution in [0, 0.1) is 5.92 Å². The Labute approximate surface area is 145 Å². The van der Waals surface area contributed by atoms with E-state index in [1.807, 2.05) is 6.20 Å². The molecule has 2 fully saturated rings. The lowest BCUT2D eigenvalue weighted by molar-refractivity contribution is -0.122. The van der Waals surface area contributed by atoms with Crippen LogP contribution in [0.3, 0.4) is 0 Å². The molecule has 1 amide bonds. The molecule has 0 aliphatic carbocycles. The predicted molar refractivity (Wildman–Crippen MR) is 94.5 cm³/mol. The van der Waals surface area contributed by atoms with E-state index in [9.17, 15) is 4.79 Å². The average molecular weight is 333 g/mol. The quantitative estimate of drug-likeness (QED) is 0.830. The fourth-order valence-electron chi connectivity index (χ4n) is 3.82. The summed E-state index contributed by atoms with van der Waals surface area (Å²) in [6.45, 7) is 6.63. The third-order valence-corrected chi connectivity index (χ3v) is 5.22. The van der Waals surface area contributed by atoms with Crippen molar-refractivity contribution in [1.82, 2.24) is 25.1 Å². The van der Waals surface area contributed by atoms with E-state index in [1.165, 1.54) is 32.1 Å². The van der Waals surface area contributed by atoms with Gasteiger partial charge in [-0.25, -0.2) is 4.98 Å². The van der Waals surface area contributed by atoms with E-state index in [0.717, 1.165) is 51.4 Å². The van der Waals surface area contributed by atoms with Crippen LogP contribution >= 0.6 is 0 Å². The Bertz CT molecular complexity index is 482. The Balaban J connectivity index is 1.32. The highest BCUT2D eigenvalue weighted by Gasteiger charge is 2.23. The summed E-state index contributed by atoms with van der Waals surface area (Å²) in [6.07, 6.45) is 11.2. The number of nitrogens with one attached hydrogen (secondary N) is 2. The van der Waals surface area contributed by atoms with Crippen molar-refractivity contribution in [2.45, 2.75) is 45.1 Å². The second kappa shape index (κ2) is 9.18. The number of carbonyl (C=O) groups excluding carboxylic acids is 1. The molecule has 6 nitrogen and oxygen atoms in total. The zero-order valence-corrected chi connectivity index (χ0v) is 14.7. The highest BCUT2D eigenvalue weighted by Crippen LogP contribution is 2.17. The Morgan fingerprint density at radius 3 is 2.71 bits per heavy atom. The van der Waals surface area contributed by atoms with Crippen molar-refractivity contribution < 1.29 is 4.79 Å². The van der Waals surface area contributed by atoms with Crippen molar-refractivity contribution in [3.05, 3.63) is 18.2 Å². The first-order valence-electron chi connectivity index (χ1n) is 9.48. The number of H-pyrrole nitrogens is 1. The van der Waals surface area contributed by atoms with Gasteiger partial charge in [0.25, 0.3) is 0 Å². The van der Waals surface area contributed by atoms with Gasteiger partial charge in [0, 0.05) is 31.5 Å². The minimum absolute atomic E-state index is 0.197. The molecule has 3 heterocycles. The Hall–Kier alpha value is -1.40. The second-order valence-corrected chi connectivity index (χ2v) is 7.31. The van der Waals surface area contributed by atoms with E-state index in [-0.39, 0.29) is 5.91 Å². The lowest BCUT2D eigenvalue weighted by atomic mass is 10.1. The maximum absolute atomic E-state index is 12.2. The van der Waals surface area contributed by atoms with Crippen LogP contribution in [0.1, 0.15) is 44.2 Å². The lowest BCUT2D eigenvalue weighted by Gasteiger charge is -2.24. The fourth-order valence-corrected chi connectivity index (χ4v) is 3.82. The van der Waals surface area contributed by atoms with Crippen molar-refractivity contribution >= 4 is 5.91 Å². The van der Waals surface area contributed by atoms with Crippen LogP contribution in [0.2, 0.25) is 0 Å². The van der Waals surface area contributed by atoms with E-state index in [4.69, 9.17) is 0 Å². The maximum Gasteiger partial charge on any atom is 0.234 e. The zero-order valence-electron chi connectivity index (χ0n) is 14.7. The van der Waals surface area contributed by atoms with E-state index in [1.54, 1.807) is 6.33 Å². The summed E-state index contributed by atoms with van der Waals surface area (Å²) < 4.78 is 0. The Kier molecular flexibility index (Phi) is 6.66. The number of aromatic amines is 1. The van der Waals surface area contributed by atoms with Crippen LogP contribution in [-0.2, 0) is 11.3 Å². The van der Waals surface area contributed by atoms with E-state index in [0.29, 0.717) is 12.5 Å². The monoisotopic (exact) mass is 333 g/mol. The topological polar surface area (TPSA) is 64.3 Å². The molecule has 0 aromatic carbocycles. The smallest absolute Gasteiger partial charge is 0.234 e. The molecule has 2 aliphatic heterocycles. The first-order valence-corrected chi connectivity index (χ1v) is 9.48. The molecule has 1 aromatic heterocycles. The van der Waals surface area contributed by atoms with Gasteiger partial charge in [0.2, 0.25) is 5.91 Å². The van der Waals surface area contributed by atoms with Crippen molar-refractivity contribution in [3.63, 3.8) is 0 Å². The molecule has 6 heteroatoms. The molecule has 0 unspecified atom stereocenters. The highest BCUT2D eigenvalue weighted by atomic mass is 16.2. The summed E-state index contributed by atoms with van der Waals surface area (Å²) in [5, 5.41) is 3.16. The number of hydrogen-bond donors (Lipinski definition) is 2. The predicted octanol–water partition coefficient (Wildman–Crippen LogP) is 1.61.